The number of imidazole rings is 1. The topological polar surface area (TPSA) is 30.2 Å². The molecule has 152 valence electrons. The van der Waals surface area contributed by atoms with E-state index in [0.717, 1.165) is 45.1 Å². The van der Waals surface area contributed by atoms with Crippen LogP contribution in [0.3, 0.4) is 0 Å². The van der Waals surface area contributed by atoms with Crippen LogP contribution in [0.1, 0.15) is 5.69 Å². The first-order valence-electron chi connectivity index (χ1n) is 9.67. The zero-order chi connectivity index (χ0) is 21.5. The Labute approximate surface area is 194 Å². The number of rotatable bonds is 3. The van der Waals surface area contributed by atoms with Crippen molar-refractivity contribution in [3.05, 3.63) is 99.8 Å². The molecule has 0 fully saturated rings. The third kappa shape index (κ3) is 3.81. The molecule has 0 spiro atoms. The smallest absolute Gasteiger partial charge is 0.159 e. The molecule has 0 amide bonds. The summed E-state index contributed by atoms with van der Waals surface area (Å²) in [6, 6.07) is 23.1. The van der Waals surface area contributed by atoms with Crippen molar-refractivity contribution >= 4 is 40.4 Å². The van der Waals surface area contributed by atoms with Gasteiger partial charge in [0.25, 0.3) is 0 Å². The second-order valence-corrected chi connectivity index (χ2v) is 8.54. The summed E-state index contributed by atoms with van der Waals surface area (Å²) >= 11 is 18.3. The van der Waals surface area contributed by atoms with Crippen molar-refractivity contribution < 1.29 is 0 Å². The van der Waals surface area contributed by atoms with Gasteiger partial charge in [-0.1, -0.05) is 71.2 Å². The van der Waals surface area contributed by atoms with Crippen molar-refractivity contribution in [2.75, 3.05) is 0 Å². The minimum absolute atomic E-state index is 0.684. The van der Waals surface area contributed by atoms with Crippen molar-refractivity contribution in [1.29, 1.82) is 0 Å². The molecule has 2 aromatic heterocycles. The molecule has 0 aliphatic heterocycles. The Morgan fingerprint density at radius 1 is 0.613 bits per heavy atom. The number of hydrogen-bond acceptors (Lipinski definition) is 2. The number of fused-ring (bicyclic) bond motifs is 1. The number of halogens is 3. The Bertz CT molecular complexity index is 1390. The summed E-state index contributed by atoms with van der Waals surface area (Å²) in [5.74, 6) is 0. The van der Waals surface area contributed by atoms with Crippen LogP contribution >= 0.6 is 34.8 Å². The van der Waals surface area contributed by atoms with Gasteiger partial charge in [0.15, 0.2) is 5.65 Å². The Kier molecular flexibility index (Phi) is 5.19. The molecule has 0 saturated carbocycles. The molecule has 0 aliphatic rings. The molecule has 6 heteroatoms. The summed E-state index contributed by atoms with van der Waals surface area (Å²) in [6.07, 6.45) is 2.02. The summed E-state index contributed by atoms with van der Waals surface area (Å²) in [4.78, 5) is 9.77. The maximum absolute atomic E-state index is 6.15. The second kappa shape index (κ2) is 8.01. The van der Waals surface area contributed by atoms with Crippen LogP contribution in [0.5, 0.6) is 0 Å². The lowest BCUT2D eigenvalue weighted by atomic mass is 10.0. The molecule has 0 aliphatic carbocycles. The monoisotopic (exact) mass is 463 g/mol. The maximum Gasteiger partial charge on any atom is 0.159 e. The second-order valence-electron chi connectivity index (χ2n) is 7.23. The molecular formula is C25H16Cl3N3. The quantitative estimate of drug-likeness (QED) is 0.271. The molecule has 0 saturated heterocycles. The average molecular weight is 465 g/mol. The van der Waals surface area contributed by atoms with E-state index < -0.39 is 0 Å². The molecule has 31 heavy (non-hydrogen) atoms. The lowest BCUT2D eigenvalue weighted by Crippen LogP contribution is -1.97. The zero-order valence-electron chi connectivity index (χ0n) is 16.5. The van der Waals surface area contributed by atoms with E-state index in [0.29, 0.717) is 15.1 Å². The molecule has 0 N–H and O–H groups in total. The lowest BCUT2D eigenvalue weighted by Gasteiger charge is -2.09. The van der Waals surface area contributed by atoms with Gasteiger partial charge in [0.05, 0.1) is 22.8 Å². The molecule has 0 atom stereocenters. The predicted molar refractivity (Wildman–Crippen MR) is 129 cm³/mol. The van der Waals surface area contributed by atoms with Crippen LogP contribution in [-0.4, -0.2) is 14.4 Å². The number of aryl methyl sites for hydroxylation is 1. The highest BCUT2D eigenvalue weighted by Crippen LogP contribution is 2.35. The van der Waals surface area contributed by atoms with Crippen LogP contribution in [0.25, 0.3) is 39.4 Å². The molecular weight excluding hydrogens is 449 g/mol. The van der Waals surface area contributed by atoms with E-state index in [1.165, 1.54) is 0 Å². The van der Waals surface area contributed by atoms with Crippen LogP contribution in [-0.2, 0) is 0 Å². The molecule has 0 bridgehead atoms. The normalized spacial score (nSPS) is 11.2. The highest BCUT2D eigenvalue weighted by Gasteiger charge is 2.19. The van der Waals surface area contributed by atoms with Crippen LogP contribution in [0.15, 0.2) is 79.0 Å². The third-order valence-electron chi connectivity index (χ3n) is 5.15. The van der Waals surface area contributed by atoms with Crippen LogP contribution < -0.4 is 0 Å². The van der Waals surface area contributed by atoms with Crippen molar-refractivity contribution in [2.45, 2.75) is 6.92 Å². The molecule has 5 aromatic rings. The number of benzene rings is 3. The van der Waals surface area contributed by atoms with Gasteiger partial charge >= 0.3 is 0 Å². The van der Waals surface area contributed by atoms with Gasteiger partial charge in [0.2, 0.25) is 0 Å². The lowest BCUT2D eigenvalue weighted by molar-refractivity contribution is 1.09. The predicted octanol–water partition coefficient (Wildman–Crippen LogP) is 8.00. The van der Waals surface area contributed by atoms with Crippen molar-refractivity contribution in [3.63, 3.8) is 0 Å². The molecule has 3 nitrogen and oxygen atoms in total. The summed E-state index contributed by atoms with van der Waals surface area (Å²) in [6.45, 7) is 1.97. The van der Waals surface area contributed by atoms with Crippen LogP contribution in [0.2, 0.25) is 15.1 Å². The SMILES string of the molecule is Cc1nc(-c2ccc(Cl)cc2)cn2c(-c3ccc(Cl)cc3)c(-c3ccc(Cl)cc3)nc12. The minimum atomic E-state index is 0.684. The van der Waals surface area contributed by atoms with Gasteiger partial charge in [0, 0.05) is 38.0 Å². The Hall–Kier alpha value is -2.85. The van der Waals surface area contributed by atoms with Gasteiger partial charge < -0.3 is 0 Å². The van der Waals surface area contributed by atoms with Gasteiger partial charge in [-0.05, 0) is 43.3 Å². The van der Waals surface area contributed by atoms with Gasteiger partial charge in [-0.25, -0.2) is 9.97 Å². The van der Waals surface area contributed by atoms with Gasteiger partial charge in [-0.15, -0.1) is 0 Å². The molecule has 2 heterocycles. The highest BCUT2D eigenvalue weighted by atomic mass is 35.5. The maximum atomic E-state index is 6.15. The number of aromatic nitrogens is 3. The van der Waals surface area contributed by atoms with Gasteiger partial charge in [-0.3, -0.25) is 4.40 Å². The Balaban J connectivity index is 1.81. The van der Waals surface area contributed by atoms with Crippen molar-refractivity contribution in [1.82, 2.24) is 14.4 Å². The molecule has 5 rings (SSSR count). The van der Waals surface area contributed by atoms with E-state index in [4.69, 9.17) is 44.8 Å². The van der Waals surface area contributed by atoms with Crippen molar-refractivity contribution in [3.8, 4) is 33.8 Å². The summed E-state index contributed by atoms with van der Waals surface area (Å²) in [7, 11) is 0. The minimum Gasteiger partial charge on any atom is -0.295 e. The largest absolute Gasteiger partial charge is 0.295 e. The third-order valence-corrected chi connectivity index (χ3v) is 5.91. The fourth-order valence-electron chi connectivity index (χ4n) is 3.65. The first-order chi connectivity index (χ1) is 15.0. The number of hydrogen-bond donors (Lipinski definition) is 0. The number of nitrogens with zero attached hydrogens (tertiary/aromatic N) is 3. The summed E-state index contributed by atoms with van der Waals surface area (Å²) in [5.41, 5.74) is 7.28. The van der Waals surface area contributed by atoms with E-state index in [1.807, 2.05) is 85.9 Å². The van der Waals surface area contributed by atoms with Crippen LogP contribution in [0.4, 0.5) is 0 Å². The summed E-state index contributed by atoms with van der Waals surface area (Å²) in [5, 5.41) is 2.06. The van der Waals surface area contributed by atoms with E-state index >= 15 is 0 Å². The van der Waals surface area contributed by atoms with Crippen molar-refractivity contribution in [2.24, 2.45) is 0 Å². The van der Waals surface area contributed by atoms with E-state index in [2.05, 4.69) is 4.40 Å². The molecule has 0 radical (unpaired) electrons. The molecule has 0 unspecified atom stereocenters. The first-order valence-corrected chi connectivity index (χ1v) is 10.8. The zero-order valence-corrected chi connectivity index (χ0v) is 18.7. The Morgan fingerprint density at radius 2 is 1.10 bits per heavy atom. The fourth-order valence-corrected chi connectivity index (χ4v) is 4.03. The van der Waals surface area contributed by atoms with E-state index in [1.54, 1.807) is 0 Å². The van der Waals surface area contributed by atoms with Crippen LogP contribution in [0, 0.1) is 6.92 Å². The van der Waals surface area contributed by atoms with Gasteiger partial charge in [0.1, 0.15) is 0 Å². The average Bonchev–Trinajstić information content (AvgIpc) is 3.15. The standard InChI is InChI=1S/C25H16Cl3N3/c1-15-25-30-23(17-4-10-20(27)11-5-17)24(18-6-12-21(28)13-7-18)31(25)14-22(29-15)16-2-8-19(26)9-3-16/h2-14H,1H3. The highest BCUT2D eigenvalue weighted by molar-refractivity contribution is 6.31. The first kappa shape index (κ1) is 20.1. The Morgan fingerprint density at radius 3 is 1.65 bits per heavy atom. The molecule has 3 aromatic carbocycles. The van der Waals surface area contributed by atoms with Gasteiger partial charge in [-0.2, -0.15) is 0 Å². The van der Waals surface area contributed by atoms with E-state index in [9.17, 15) is 0 Å². The van der Waals surface area contributed by atoms with E-state index in [-0.39, 0.29) is 0 Å². The fraction of sp³-hybridized carbons (Fsp3) is 0.0400. The summed E-state index contributed by atoms with van der Waals surface area (Å²) < 4.78 is 2.10.